The van der Waals surface area contributed by atoms with E-state index in [-0.39, 0.29) is 0 Å². The number of nitrogens with zero attached hydrogens (tertiary/aromatic N) is 3. The highest BCUT2D eigenvalue weighted by Gasteiger charge is 2.17. The third-order valence-electron chi connectivity index (χ3n) is 3.39. The van der Waals surface area contributed by atoms with Gasteiger partial charge < -0.3 is 10.6 Å². The summed E-state index contributed by atoms with van der Waals surface area (Å²) in [6.45, 7) is 2.20. The number of rotatable bonds is 4. The van der Waals surface area contributed by atoms with Gasteiger partial charge in [0.2, 0.25) is 5.95 Å². The fraction of sp³-hybridized carbons (Fsp3) is 0.286. The highest BCUT2D eigenvalue weighted by atomic mass is 32.1. The van der Waals surface area contributed by atoms with E-state index in [9.17, 15) is 0 Å². The number of fused-ring (bicyclic) bond motifs is 1. The van der Waals surface area contributed by atoms with Crippen molar-refractivity contribution in [3.05, 3.63) is 33.8 Å². The number of hydrogen-bond acceptors (Lipinski definition) is 6. The number of hydrogen-bond donors (Lipinski definition) is 1. The van der Waals surface area contributed by atoms with E-state index in [1.807, 2.05) is 5.38 Å². The zero-order chi connectivity index (χ0) is 14.1. The zero-order valence-corrected chi connectivity index (χ0v) is 13.0. The Labute approximate surface area is 125 Å². The van der Waals surface area contributed by atoms with Gasteiger partial charge in [-0.2, -0.15) is 4.98 Å². The molecule has 104 valence electrons. The van der Waals surface area contributed by atoms with Crippen LogP contribution in [0.4, 0.5) is 11.8 Å². The van der Waals surface area contributed by atoms with E-state index in [0.29, 0.717) is 12.0 Å². The Hall–Kier alpha value is -1.66. The first-order chi connectivity index (χ1) is 9.65. The Kier molecular flexibility index (Phi) is 3.58. The molecule has 0 radical (unpaired) electrons. The number of nitrogen functional groups attached to an aromatic ring is 1. The molecule has 20 heavy (non-hydrogen) atoms. The number of nitrogens with two attached hydrogens (primary N) is 1. The van der Waals surface area contributed by atoms with Gasteiger partial charge in [-0.25, -0.2) is 4.98 Å². The van der Waals surface area contributed by atoms with E-state index in [4.69, 9.17) is 5.73 Å². The van der Waals surface area contributed by atoms with Gasteiger partial charge in [0.15, 0.2) is 0 Å². The van der Waals surface area contributed by atoms with E-state index in [0.717, 1.165) is 22.5 Å². The lowest BCUT2D eigenvalue weighted by atomic mass is 10.2. The minimum atomic E-state index is 0.338. The van der Waals surface area contributed by atoms with Gasteiger partial charge in [0.05, 0.1) is 5.39 Å². The highest BCUT2D eigenvalue weighted by Crippen LogP contribution is 2.29. The molecule has 0 fully saturated rings. The Balaban J connectivity index is 1.91. The van der Waals surface area contributed by atoms with Crippen LogP contribution in [0.3, 0.4) is 0 Å². The molecule has 2 N–H and O–H groups in total. The molecule has 4 nitrogen and oxygen atoms in total. The Morgan fingerprint density at radius 3 is 2.85 bits per heavy atom. The van der Waals surface area contributed by atoms with Crippen molar-refractivity contribution in [3.63, 3.8) is 0 Å². The number of likely N-dealkylation sites (N-methyl/N-ethyl adjacent to an activating group) is 1. The molecule has 0 amide bonds. The first-order valence-corrected chi connectivity index (χ1v) is 8.17. The fourth-order valence-corrected chi connectivity index (χ4v) is 3.78. The zero-order valence-electron chi connectivity index (χ0n) is 11.4. The first kappa shape index (κ1) is 13.3. The van der Waals surface area contributed by atoms with Crippen molar-refractivity contribution in [3.8, 4) is 0 Å². The summed E-state index contributed by atoms with van der Waals surface area (Å²) in [7, 11) is 2.07. The number of aromatic nitrogens is 2. The van der Waals surface area contributed by atoms with Gasteiger partial charge in [-0.05, 0) is 29.8 Å². The van der Waals surface area contributed by atoms with Crippen molar-refractivity contribution in [1.82, 2.24) is 9.97 Å². The summed E-state index contributed by atoms with van der Waals surface area (Å²) >= 11 is 3.38. The topological polar surface area (TPSA) is 55.0 Å². The molecule has 0 aromatic carbocycles. The second kappa shape index (κ2) is 5.38. The SMILES string of the molecule is CC(Cc1cccs1)N(C)c1nc(N)nc2sccc12. The number of thiophene rings is 2. The lowest BCUT2D eigenvalue weighted by Gasteiger charge is -2.26. The predicted octanol–water partition coefficient (Wildman–Crippen LogP) is 3.40. The molecule has 1 unspecified atom stereocenters. The smallest absolute Gasteiger partial charge is 0.223 e. The lowest BCUT2D eigenvalue weighted by molar-refractivity contribution is 0.683. The van der Waals surface area contributed by atoms with E-state index in [1.165, 1.54) is 4.88 Å². The third-order valence-corrected chi connectivity index (χ3v) is 5.10. The first-order valence-electron chi connectivity index (χ1n) is 6.41. The van der Waals surface area contributed by atoms with Crippen LogP contribution in [0.1, 0.15) is 11.8 Å². The van der Waals surface area contributed by atoms with Gasteiger partial charge in [-0.15, -0.1) is 22.7 Å². The van der Waals surface area contributed by atoms with Crippen LogP contribution in [-0.2, 0) is 6.42 Å². The molecule has 0 aliphatic heterocycles. The largest absolute Gasteiger partial charge is 0.368 e. The quantitative estimate of drug-likeness (QED) is 0.802. The van der Waals surface area contributed by atoms with Crippen LogP contribution in [0, 0.1) is 0 Å². The molecule has 3 aromatic heterocycles. The maximum Gasteiger partial charge on any atom is 0.223 e. The third kappa shape index (κ3) is 2.48. The average molecular weight is 304 g/mol. The summed E-state index contributed by atoms with van der Waals surface area (Å²) in [5.41, 5.74) is 5.82. The van der Waals surface area contributed by atoms with E-state index >= 15 is 0 Å². The predicted molar refractivity (Wildman–Crippen MR) is 87.7 cm³/mol. The molecule has 0 saturated heterocycles. The molecule has 3 heterocycles. The minimum Gasteiger partial charge on any atom is -0.368 e. The minimum absolute atomic E-state index is 0.338. The van der Waals surface area contributed by atoms with Gasteiger partial charge in [-0.1, -0.05) is 6.07 Å². The maximum absolute atomic E-state index is 5.82. The van der Waals surface area contributed by atoms with Crippen molar-refractivity contribution in [2.24, 2.45) is 0 Å². The van der Waals surface area contributed by atoms with Crippen molar-refractivity contribution < 1.29 is 0 Å². The van der Waals surface area contributed by atoms with E-state index in [1.54, 1.807) is 22.7 Å². The summed E-state index contributed by atoms with van der Waals surface area (Å²) in [6.07, 6.45) is 1.00. The van der Waals surface area contributed by atoms with E-state index in [2.05, 4.69) is 52.4 Å². The summed E-state index contributed by atoms with van der Waals surface area (Å²) in [4.78, 5) is 13.2. The monoisotopic (exact) mass is 304 g/mol. The van der Waals surface area contributed by atoms with Crippen LogP contribution < -0.4 is 10.6 Å². The van der Waals surface area contributed by atoms with E-state index < -0.39 is 0 Å². The molecular weight excluding hydrogens is 288 g/mol. The van der Waals surface area contributed by atoms with Gasteiger partial charge in [0, 0.05) is 24.4 Å². The Morgan fingerprint density at radius 2 is 2.10 bits per heavy atom. The Bertz CT molecular complexity index is 705. The molecule has 1 atom stereocenters. The summed E-state index contributed by atoms with van der Waals surface area (Å²) in [5.74, 6) is 1.25. The van der Waals surface area contributed by atoms with Crippen molar-refractivity contribution in [2.45, 2.75) is 19.4 Å². The van der Waals surface area contributed by atoms with Gasteiger partial charge >= 0.3 is 0 Å². The second-order valence-electron chi connectivity index (χ2n) is 4.79. The van der Waals surface area contributed by atoms with Crippen LogP contribution >= 0.6 is 22.7 Å². The molecule has 6 heteroatoms. The summed E-state index contributed by atoms with van der Waals surface area (Å²) < 4.78 is 0. The molecule has 0 bridgehead atoms. The van der Waals surface area contributed by atoms with Crippen LogP contribution in [-0.4, -0.2) is 23.1 Å². The molecular formula is C14H16N4S2. The standard InChI is InChI=1S/C14H16N4S2/c1-9(8-10-4-3-6-19-10)18(2)12-11-5-7-20-13(11)17-14(15)16-12/h3-7,9H,8H2,1-2H3,(H2,15,16,17). The van der Waals surface area contributed by atoms with Crippen molar-refractivity contribution in [1.29, 1.82) is 0 Å². The number of anilines is 2. The van der Waals surface area contributed by atoms with Gasteiger partial charge in [0.1, 0.15) is 10.6 Å². The molecule has 0 aliphatic rings. The molecule has 3 aromatic rings. The average Bonchev–Trinajstić information content (AvgIpc) is 3.07. The van der Waals surface area contributed by atoms with Crippen LogP contribution in [0.25, 0.3) is 10.2 Å². The van der Waals surface area contributed by atoms with Crippen molar-refractivity contribution >= 4 is 44.7 Å². The summed E-state index contributed by atoms with van der Waals surface area (Å²) in [5, 5.41) is 5.21. The van der Waals surface area contributed by atoms with Crippen molar-refractivity contribution in [2.75, 3.05) is 17.7 Å². The molecule has 0 aliphatic carbocycles. The summed E-state index contributed by atoms with van der Waals surface area (Å²) in [6, 6.07) is 6.67. The fourth-order valence-electron chi connectivity index (χ4n) is 2.19. The van der Waals surface area contributed by atoms with Crippen LogP contribution in [0.15, 0.2) is 29.0 Å². The highest BCUT2D eigenvalue weighted by molar-refractivity contribution is 7.16. The molecule has 0 spiro atoms. The van der Waals surface area contributed by atoms with Gasteiger partial charge in [-0.3, -0.25) is 0 Å². The molecule has 0 saturated carbocycles. The Morgan fingerprint density at radius 1 is 1.25 bits per heavy atom. The van der Waals surface area contributed by atoms with Crippen LogP contribution in [0.2, 0.25) is 0 Å². The van der Waals surface area contributed by atoms with Crippen LogP contribution in [0.5, 0.6) is 0 Å². The lowest BCUT2D eigenvalue weighted by Crippen LogP contribution is -2.31. The van der Waals surface area contributed by atoms with Gasteiger partial charge in [0.25, 0.3) is 0 Å². The second-order valence-corrected chi connectivity index (χ2v) is 6.72. The maximum atomic E-state index is 5.82. The molecule has 3 rings (SSSR count). The normalized spacial score (nSPS) is 12.7.